The third kappa shape index (κ3) is 5.17. The van der Waals surface area contributed by atoms with Crippen LogP contribution in [-0.2, 0) is 15.9 Å². The Balaban J connectivity index is 2.59. The Bertz CT molecular complexity index is 324. The first-order valence-electron chi connectivity index (χ1n) is 5.83. The molecule has 1 atom stereocenters. The summed E-state index contributed by atoms with van der Waals surface area (Å²) in [5.41, 5.74) is 1.05. The molecule has 0 aliphatic heterocycles. The second kappa shape index (κ2) is 7.82. The van der Waals surface area contributed by atoms with Gasteiger partial charge in [-0.2, -0.15) is 0 Å². The molecule has 0 bridgehead atoms. The zero-order valence-electron chi connectivity index (χ0n) is 10.2. The van der Waals surface area contributed by atoms with Crippen molar-refractivity contribution in [2.45, 2.75) is 32.7 Å². The molecule has 0 spiro atoms. The van der Waals surface area contributed by atoms with Crippen LogP contribution in [0.2, 0.25) is 0 Å². The zero-order valence-corrected chi connectivity index (χ0v) is 11.8. The molecule has 1 N–H and O–H groups in total. The quantitative estimate of drug-likeness (QED) is 0.787. The molecule has 0 radical (unpaired) electrons. The van der Waals surface area contributed by atoms with Crippen molar-refractivity contribution < 1.29 is 14.6 Å². The molecule has 1 unspecified atom stereocenters. The smallest absolute Gasteiger partial charge is 0.183 e. The Labute approximate surface area is 111 Å². The molecular weight excluding hydrogens is 284 g/mol. The molecule has 0 aliphatic carbocycles. The van der Waals surface area contributed by atoms with Crippen LogP contribution in [0.15, 0.2) is 28.7 Å². The van der Waals surface area contributed by atoms with Crippen LogP contribution in [0.1, 0.15) is 19.4 Å². The van der Waals surface area contributed by atoms with Crippen LogP contribution in [0.4, 0.5) is 0 Å². The van der Waals surface area contributed by atoms with Crippen molar-refractivity contribution >= 4 is 15.9 Å². The highest BCUT2D eigenvalue weighted by atomic mass is 79.9. The van der Waals surface area contributed by atoms with Crippen molar-refractivity contribution in [1.29, 1.82) is 0 Å². The SMILES string of the molecule is CCOC(OCC)C(O)Cc1cccc(Br)c1. The summed E-state index contributed by atoms with van der Waals surface area (Å²) < 4.78 is 11.7. The Hall–Kier alpha value is -0.420. The summed E-state index contributed by atoms with van der Waals surface area (Å²) in [6.45, 7) is 4.83. The topological polar surface area (TPSA) is 38.7 Å². The normalized spacial score (nSPS) is 13.0. The van der Waals surface area contributed by atoms with Crippen molar-refractivity contribution in [3.8, 4) is 0 Å². The van der Waals surface area contributed by atoms with Crippen molar-refractivity contribution in [1.82, 2.24) is 0 Å². The molecule has 17 heavy (non-hydrogen) atoms. The lowest BCUT2D eigenvalue weighted by Gasteiger charge is -2.22. The highest BCUT2D eigenvalue weighted by Gasteiger charge is 2.19. The number of aliphatic hydroxyl groups is 1. The van der Waals surface area contributed by atoms with Gasteiger partial charge in [-0.15, -0.1) is 0 Å². The number of ether oxygens (including phenoxy) is 2. The molecule has 0 aromatic heterocycles. The van der Waals surface area contributed by atoms with E-state index in [2.05, 4.69) is 15.9 Å². The fourth-order valence-electron chi connectivity index (χ4n) is 1.60. The molecule has 0 amide bonds. The molecule has 96 valence electrons. The van der Waals surface area contributed by atoms with Crippen molar-refractivity contribution in [2.24, 2.45) is 0 Å². The Morgan fingerprint density at radius 1 is 1.24 bits per heavy atom. The molecule has 0 saturated carbocycles. The van der Waals surface area contributed by atoms with E-state index in [-0.39, 0.29) is 0 Å². The molecule has 0 saturated heterocycles. The predicted octanol–water partition coefficient (Wildman–Crippen LogP) is 2.75. The Morgan fingerprint density at radius 2 is 1.88 bits per heavy atom. The number of rotatable bonds is 7. The van der Waals surface area contributed by atoms with Gasteiger partial charge >= 0.3 is 0 Å². The summed E-state index contributed by atoms with van der Waals surface area (Å²) in [6.07, 6.45) is -0.683. The Morgan fingerprint density at radius 3 is 2.41 bits per heavy atom. The highest BCUT2D eigenvalue weighted by molar-refractivity contribution is 9.10. The van der Waals surface area contributed by atoms with Gasteiger partial charge in [0.25, 0.3) is 0 Å². The van der Waals surface area contributed by atoms with Crippen LogP contribution in [0.25, 0.3) is 0 Å². The molecule has 0 aliphatic rings. The van der Waals surface area contributed by atoms with E-state index in [0.717, 1.165) is 10.0 Å². The summed E-state index contributed by atoms with van der Waals surface area (Å²) >= 11 is 3.41. The minimum atomic E-state index is -0.649. The molecule has 3 nitrogen and oxygen atoms in total. The molecule has 1 rings (SSSR count). The molecule has 0 fully saturated rings. The molecule has 1 aromatic rings. The van der Waals surface area contributed by atoms with E-state index in [9.17, 15) is 5.11 Å². The average Bonchev–Trinajstić information content (AvgIpc) is 2.28. The van der Waals surface area contributed by atoms with E-state index in [4.69, 9.17) is 9.47 Å². The van der Waals surface area contributed by atoms with E-state index < -0.39 is 12.4 Å². The van der Waals surface area contributed by atoms with Gasteiger partial charge in [-0.25, -0.2) is 0 Å². The van der Waals surface area contributed by atoms with Crippen molar-refractivity contribution in [3.05, 3.63) is 34.3 Å². The van der Waals surface area contributed by atoms with Gasteiger partial charge in [0.2, 0.25) is 0 Å². The molecule has 1 aromatic carbocycles. The van der Waals surface area contributed by atoms with Gasteiger partial charge in [-0.05, 0) is 31.5 Å². The van der Waals surface area contributed by atoms with Crippen LogP contribution < -0.4 is 0 Å². The number of hydrogen-bond acceptors (Lipinski definition) is 3. The van der Waals surface area contributed by atoms with E-state index in [0.29, 0.717) is 19.6 Å². The number of benzene rings is 1. The van der Waals surface area contributed by atoms with Gasteiger partial charge in [0.15, 0.2) is 6.29 Å². The van der Waals surface area contributed by atoms with Crippen LogP contribution in [0.3, 0.4) is 0 Å². The number of halogens is 1. The second-order valence-electron chi connectivity index (χ2n) is 3.68. The summed E-state index contributed by atoms with van der Waals surface area (Å²) in [6, 6.07) is 7.86. The summed E-state index contributed by atoms with van der Waals surface area (Å²) in [5.74, 6) is 0. The summed E-state index contributed by atoms with van der Waals surface area (Å²) in [7, 11) is 0. The minimum absolute atomic E-state index is 0.518. The maximum absolute atomic E-state index is 10.1. The third-order valence-corrected chi connectivity index (χ3v) is 2.80. The zero-order chi connectivity index (χ0) is 12.7. The monoisotopic (exact) mass is 302 g/mol. The van der Waals surface area contributed by atoms with Crippen LogP contribution >= 0.6 is 15.9 Å². The van der Waals surface area contributed by atoms with Gasteiger partial charge in [-0.1, -0.05) is 28.1 Å². The standard InChI is InChI=1S/C13H19BrO3/c1-3-16-13(17-4-2)12(15)9-10-6-5-7-11(14)8-10/h5-8,12-13,15H,3-4,9H2,1-2H3. The first-order valence-corrected chi connectivity index (χ1v) is 6.62. The maximum atomic E-state index is 10.1. The largest absolute Gasteiger partial charge is 0.387 e. The molecular formula is C13H19BrO3. The van der Waals surface area contributed by atoms with Crippen molar-refractivity contribution in [3.63, 3.8) is 0 Å². The first kappa shape index (κ1) is 14.6. The minimum Gasteiger partial charge on any atom is -0.387 e. The summed E-state index contributed by atoms with van der Waals surface area (Å²) in [4.78, 5) is 0. The van der Waals surface area contributed by atoms with Gasteiger partial charge in [0.05, 0.1) is 0 Å². The van der Waals surface area contributed by atoms with Crippen molar-refractivity contribution in [2.75, 3.05) is 13.2 Å². The van der Waals surface area contributed by atoms with E-state index in [1.165, 1.54) is 0 Å². The van der Waals surface area contributed by atoms with Crippen LogP contribution in [0, 0.1) is 0 Å². The first-order chi connectivity index (χ1) is 8.17. The van der Waals surface area contributed by atoms with Crippen LogP contribution in [-0.4, -0.2) is 30.7 Å². The summed E-state index contributed by atoms with van der Waals surface area (Å²) in [5, 5.41) is 10.1. The third-order valence-electron chi connectivity index (χ3n) is 2.31. The lowest BCUT2D eigenvalue weighted by atomic mass is 10.1. The van der Waals surface area contributed by atoms with Crippen LogP contribution in [0.5, 0.6) is 0 Å². The van der Waals surface area contributed by atoms with Gasteiger partial charge in [-0.3, -0.25) is 0 Å². The fourth-order valence-corrected chi connectivity index (χ4v) is 2.05. The Kier molecular flexibility index (Phi) is 6.73. The average molecular weight is 303 g/mol. The fraction of sp³-hybridized carbons (Fsp3) is 0.538. The predicted molar refractivity (Wildman–Crippen MR) is 70.9 cm³/mol. The lowest BCUT2D eigenvalue weighted by molar-refractivity contribution is -0.188. The van der Waals surface area contributed by atoms with E-state index in [1.54, 1.807) is 0 Å². The molecule has 0 heterocycles. The lowest BCUT2D eigenvalue weighted by Crippen LogP contribution is -2.33. The van der Waals surface area contributed by atoms with Gasteiger partial charge in [0, 0.05) is 24.1 Å². The highest BCUT2D eigenvalue weighted by Crippen LogP contribution is 2.15. The molecule has 4 heteroatoms. The van der Waals surface area contributed by atoms with Gasteiger partial charge in [0.1, 0.15) is 6.10 Å². The van der Waals surface area contributed by atoms with E-state index in [1.807, 2.05) is 38.1 Å². The van der Waals surface area contributed by atoms with Gasteiger partial charge < -0.3 is 14.6 Å². The number of aliphatic hydroxyl groups excluding tert-OH is 1. The number of hydrogen-bond donors (Lipinski definition) is 1. The second-order valence-corrected chi connectivity index (χ2v) is 4.60. The maximum Gasteiger partial charge on any atom is 0.183 e. The van der Waals surface area contributed by atoms with E-state index >= 15 is 0 Å².